The Bertz CT molecular complexity index is 435. The van der Waals surface area contributed by atoms with Crippen LogP contribution in [0, 0.1) is 0 Å². The molecule has 0 aromatic carbocycles. The zero-order valence-corrected chi connectivity index (χ0v) is 14.3. The van der Waals surface area contributed by atoms with Gasteiger partial charge in [-0.25, -0.2) is 4.98 Å². The van der Waals surface area contributed by atoms with Crippen molar-refractivity contribution in [3.63, 3.8) is 0 Å². The zero-order chi connectivity index (χ0) is 15.9. The molecular formula is C15H26ClN3O2. The topological polar surface area (TPSA) is 55.4 Å². The van der Waals surface area contributed by atoms with Gasteiger partial charge in [0.1, 0.15) is 5.82 Å². The van der Waals surface area contributed by atoms with Gasteiger partial charge >= 0.3 is 0 Å². The Hall–Kier alpha value is -0.880. The van der Waals surface area contributed by atoms with E-state index in [1.54, 1.807) is 14.2 Å². The van der Waals surface area contributed by atoms with Gasteiger partial charge in [-0.2, -0.15) is 0 Å². The van der Waals surface area contributed by atoms with E-state index >= 15 is 0 Å². The first kappa shape index (κ1) is 18.2. The first-order valence-electron chi connectivity index (χ1n) is 7.01. The molecule has 0 radical (unpaired) electrons. The molecule has 0 spiro atoms. The highest BCUT2D eigenvalue weighted by Crippen LogP contribution is 2.17. The van der Waals surface area contributed by atoms with Gasteiger partial charge in [0.25, 0.3) is 0 Å². The normalized spacial score (nSPS) is 13.2. The molecule has 2 N–H and O–H groups in total. The number of nitrogens with zero attached hydrogens (tertiary/aromatic N) is 1. The van der Waals surface area contributed by atoms with E-state index < -0.39 is 0 Å². The Kier molecular flexibility index (Phi) is 7.39. The number of nitrogens with one attached hydrogen (secondary N) is 2. The lowest BCUT2D eigenvalue weighted by Gasteiger charge is -2.21. The summed E-state index contributed by atoms with van der Waals surface area (Å²) in [5, 5.41) is 7.29. The molecule has 0 amide bonds. The summed E-state index contributed by atoms with van der Waals surface area (Å²) in [5.74, 6) is 0.781. The fourth-order valence-corrected chi connectivity index (χ4v) is 1.84. The third-order valence-corrected chi connectivity index (χ3v) is 3.25. The van der Waals surface area contributed by atoms with Crippen molar-refractivity contribution in [3.05, 3.63) is 22.8 Å². The molecule has 0 saturated carbocycles. The van der Waals surface area contributed by atoms with Gasteiger partial charge in [-0.15, -0.1) is 0 Å². The van der Waals surface area contributed by atoms with Crippen LogP contribution in [0.2, 0.25) is 5.02 Å². The molecule has 21 heavy (non-hydrogen) atoms. The van der Waals surface area contributed by atoms with Crippen LogP contribution in [0.25, 0.3) is 0 Å². The van der Waals surface area contributed by atoms with Crippen LogP contribution in [0.1, 0.15) is 26.5 Å². The average molecular weight is 316 g/mol. The van der Waals surface area contributed by atoms with Crippen LogP contribution in [-0.2, 0) is 16.0 Å². The highest BCUT2D eigenvalue weighted by atomic mass is 35.5. The van der Waals surface area contributed by atoms with Crippen molar-refractivity contribution >= 4 is 17.4 Å². The van der Waals surface area contributed by atoms with Gasteiger partial charge in [0.15, 0.2) is 0 Å². The molecule has 6 heteroatoms. The number of anilines is 1. The van der Waals surface area contributed by atoms with E-state index in [9.17, 15) is 0 Å². The summed E-state index contributed by atoms with van der Waals surface area (Å²) < 4.78 is 10.4. The van der Waals surface area contributed by atoms with E-state index in [1.165, 1.54) is 0 Å². The highest BCUT2D eigenvalue weighted by Gasteiger charge is 2.12. The van der Waals surface area contributed by atoms with Crippen molar-refractivity contribution in [2.75, 3.05) is 32.7 Å². The van der Waals surface area contributed by atoms with Gasteiger partial charge in [-0.05, 0) is 32.9 Å². The van der Waals surface area contributed by atoms with Crippen LogP contribution in [-0.4, -0.2) is 44.0 Å². The SMILES string of the molecule is COCC(CNc1ccc(Cl)c(CNC(C)(C)C)n1)OC. The van der Waals surface area contributed by atoms with E-state index in [2.05, 4.69) is 36.4 Å². The van der Waals surface area contributed by atoms with E-state index in [0.717, 1.165) is 11.5 Å². The predicted octanol–water partition coefficient (Wildman–Crippen LogP) is 2.70. The Morgan fingerprint density at radius 2 is 2.00 bits per heavy atom. The summed E-state index contributed by atoms with van der Waals surface area (Å²) in [5.41, 5.74) is 0.853. The summed E-state index contributed by atoms with van der Waals surface area (Å²) in [6, 6.07) is 3.72. The maximum Gasteiger partial charge on any atom is 0.126 e. The minimum atomic E-state index is -0.0105. The van der Waals surface area contributed by atoms with Gasteiger partial charge < -0.3 is 20.1 Å². The molecule has 0 fully saturated rings. The number of methoxy groups -OCH3 is 2. The van der Waals surface area contributed by atoms with E-state index in [-0.39, 0.29) is 11.6 Å². The fourth-order valence-electron chi connectivity index (χ4n) is 1.67. The van der Waals surface area contributed by atoms with Gasteiger partial charge in [-0.1, -0.05) is 11.6 Å². The summed E-state index contributed by atoms with van der Waals surface area (Å²) in [6.45, 7) is 8.12. The lowest BCUT2D eigenvalue weighted by molar-refractivity contribution is 0.0365. The largest absolute Gasteiger partial charge is 0.382 e. The number of hydrogen-bond acceptors (Lipinski definition) is 5. The van der Waals surface area contributed by atoms with Crippen molar-refractivity contribution in [1.82, 2.24) is 10.3 Å². The first-order valence-corrected chi connectivity index (χ1v) is 7.39. The number of halogens is 1. The molecule has 0 aliphatic carbocycles. The van der Waals surface area contributed by atoms with Crippen LogP contribution in [0.15, 0.2) is 12.1 Å². The monoisotopic (exact) mass is 315 g/mol. The molecular weight excluding hydrogens is 290 g/mol. The highest BCUT2D eigenvalue weighted by molar-refractivity contribution is 6.31. The van der Waals surface area contributed by atoms with Crippen LogP contribution in [0.3, 0.4) is 0 Å². The second kappa shape index (κ2) is 8.54. The fraction of sp³-hybridized carbons (Fsp3) is 0.667. The number of ether oxygens (including phenoxy) is 2. The molecule has 1 unspecified atom stereocenters. The molecule has 5 nitrogen and oxygen atoms in total. The minimum Gasteiger partial charge on any atom is -0.382 e. The number of rotatable bonds is 8. The van der Waals surface area contributed by atoms with Gasteiger partial charge in [0.2, 0.25) is 0 Å². The Morgan fingerprint density at radius 1 is 1.29 bits per heavy atom. The van der Waals surface area contributed by atoms with Gasteiger partial charge in [0, 0.05) is 32.8 Å². The Morgan fingerprint density at radius 3 is 2.57 bits per heavy atom. The summed E-state index contributed by atoms with van der Waals surface area (Å²) in [7, 11) is 3.32. The molecule has 0 saturated heterocycles. The number of pyridine rings is 1. The van der Waals surface area contributed by atoms with Crippen molar-refractivity contribution in [3.8, 4) is 0 Å². The second-order valence-electron chi connectivity index (χ2n) is 5.92. The van der Waals surface area contributed by atoms with E-state index in [1.807, 2.05) is 12.1 Å². The molecule has 120 valence electrons. The van der Waals surface area contributed by atoms with Crippen molar-refractivity contribution in [2.45, 2.75) is 39.0 Å². The maximum atomic E-state index is 6.19. The van der Waals surface area contributed by atoms with E-state index in [4.69, 9.17) is 21.1 Å². The molecule has 1 atom stereocenters. The first-order chi connectivity index (χ1) is 9.85. The van der Waals surface area contributed by atoms with Crippen LogP contribution in [0.5, 0.6) is 0 Å². The summed E-state index contributed by atoms with van der Waals surface area (Å²) >= 11 is 6.19. The van der Waals surface area contributed by atoms with Crippen LogP contribution >= 0.6 is 11.6 Å². The lowest BCUT2D eigenvalue weighted by atomic mass is 10.1. The molecule has 1 rings (SSSR count). The second-order valence-corrected chi connectivity index (χ2v) is 6.33. The third kappa shape index (κ3) is 7.09. The zero-order valence-electron chi connectivity index (χ0n) is 13.5. The number of aromatic nitrogens is 1. The van der Waals surface area contributed by atoms with Gasteiger partial charge in [-0.3, -0.25) is 0 Å². The maximum absolute atomic E-state index is 6.19. The minimum absolute atomic E-state index is 0.0105. The smallest absolute Gasteiger partial charge is 0.126 e. The lowest BCUT2D eigenvalue weighted by Crippen LogP contribution is -2.35. The molecule has 1 heterocycles. The average Bonchev–Trinajstić information content (AvgIpc) is 2.42. The van der Waals surface area contributed by atoms with E-state index in [0.29, 0.717) is 24.7 Å². The molecule has 0 aliphatic heterocycles. The molecule has 1 aromatic rings. The summed E-state index contributed by atoms with van der Waals surface area (Å²) in [6.07, 6.45) is -0.0105. The van der Waals surface area contributed by atoms with Crippen molar-refractivity contribution < 1.29 is 9.47 Å². The number of hydrogen-bond donors (Lipinski definition) is 2. The molecule has 0 bridgehead atoms. The molecule has 0 aliphatic rings. The molecule has 1 aromatic heterocycles. The predicted molar refractivity (Wildman–Crippen MR) is 87.0 cm³/mol. The summed E-state index contributed by atoms with van der Waals surface area (Å²) in [4.78, 5) is 4.54. The third-order valence-electron chi connectivity index (χ3n) is 2.90. The van der Waals surface area contributed by atoms with Crippen molar-refractivity contribution in [1.29, 1.82) is 0 Å². The van der Waals surface area contributed by atoms with Crippen LogP contribution in [0.4, 0.5) is 5.82 Å². The van der Waals surface area contributed by atoms with Crippen LogP contribution < -0.4 is 10.6 Å². The Balaban J connectivity index is 2.64. The van der Waals surface area contributed by atoms with Gasteiger partial charge in [0.05, 0.1) is 23.4 Å². The van der Waals surface area contributed by atoms with Crippen molar-refractivity contribution in [2.24, 2.45) is 0 Å². The quantitative estimate of drug-likeness (QED) is 0.772. The Labute approximate surface area is 132 Å². The standard InChI is InChI=1S/C15H26ClN3O2/c1-15(2,3)18-9-13-12(16)6-7-14(19-13)17-8-11(21-5)10-20-4/h6-7,11,18H,8-10H2,1-5H3,(H,17,19).